The summed E-state index contributed by atoms with van der Waals surface area (Å²) in [4.78, 5) is 11.4. The molecular weight excluding hydrogens is 270 g/mol. The molecule has 7 nitrogen and oxygen atoms in total. The van der Waals surface area contributed by atoms with Crippen LogP contribution in [0.2, 0.25) is 0 Å². The lowest BCUT2D eigenvalue weighted by atomic mass is 9.84. The van der Waals surface area contributed by atoms with Crippen LogP contribution in [0.3, 0.4) is 0 Å². The van der Waals surface area contributed by atoms with Crippen molar-refractivity contribution in [1.29, 1.82) is 0 Å². The molecule has 0 aromatic rings. The Hall–Kier alpha value is -0.700. The molecule has 19 heavy (non-hydrogen) atoms. The lowest BCUT2D eigenvalue weighted by Crippen LogP contribution is -2.55. The average Bonchev–Trinajstić information content (AvgIpc) is 2.66. The van der Waals surface area contributed by atoms with Gasteiger partial charge in [-0.25, -0.2) is 0 Å². The van der Waals surface area contributed by atoms with Gasteiger partial charge in [-0.05, 0) is 6.42 Å². The molecule has 0 bridgehead atoms. The number of carboxylic acids is 1. The van der Waals surface area contributed by atoms with E-state index in [1.165, 1.54) is 18.4 Å². The molecule has 0 radical (unpaired) electrons. The van der Waals surface area contributed by atoms with Crippen molar-refractivity contribution in [3.63, 3.8) is 0 Å². The monoisotopic (exact) mass is 293 g/mol. The van der Waals surface area contributed by atoms with Gasteiger partial charge < -0.3 is 10.8 Å². The molecule has 2 atom stereocenters. The topological polar surface area (TPSA) is 104 Å². The van der Waals surface area contributed by atoms with E-state index in [0.717, 1.165) is 17.1 Å². The summed E-state index contributed by atoms with van der Waals surface area (Å²) in [5, 5.41) is 9.30. The number of rotatable bonds is 6. The molecule has 0 aromatic carbocycles. The van der Waals surface area contributed by atoms with Crippen LogP contribution in [0.15, 0.2) is 0 Å². The minimum Gasteiger partial charge on any atom is -0.480 e. The second kappa shape index (κ2) is 5.74. The van der Waals surface area contributed by atoms with Gasteiger partial charge in [-0.2, -0.15) is 17.0 Å². The first-order valence-electron chi connectivity index (χ1n) is 6.36. The lowest BCUT2D eigenvalue weighted by molar-refractivity contribution is -0.144. The van der Waals surface area contributed by atoms with Gasteiger partial charge in [0.1, 0.15) is 5.54 Å². The third kappa shape index (κ3) is 3.07. The Morgan fingerprint density at radius 1 is 1.53 bits per heavy atom. The largest absolute Gasteiger partial charge is 0.480 e. The molecule has 1 aliphatic rings. The summed E-state index contributed by atoms with van der Waals surface area (Å²) in [6.45, 7) is 2.00. The van der Waals surface area contributed by atoms with Crippen LogP contribution < -0.4 is 5.73 Å². The van der Waals surface area contributed by atoms with E-state index in [9.17, 15) is 18.3 Å². The van der Waals surface area contributed by atoms with Crippen LogP contribution in [0.4, 0.5) is 0 Å². The van der Waals surface area contributed by atoms with E-state index in [-0.39, 0.29) is 19.0 Å². The number of carbonyl (C=O) groups is 1. The van der Waals surface area contributed by atoms with Crippen molar-refractivity contribution in [3.8, 4) is 0 Å². The first-order chi connectivity index (χ1) is 8.66. The van der Waals surface area contributed by atoms with E-state index in [4.69, 9.17) is 5.73 Å². The van der Waals surface area contributed by atoms with Crippen molar-refractivity contribution in [3.05, 3.63) is 0 Å². The molecule has 2 unspecified atom stereocenters. The Kier molecular flexibility index (Phi) is 4.94. The third-order valence-corrected chi connectivity index (χ3v) is 5.54. The van der Waals surface area contributed by atoms with Gasteiger partial charge in [0, 0.05) is 33.1 Å². The van der Waals surface area contributed by atoms with E-state index >= 15 is 0 Å². The van der Waals surface area contributed by atoms with Crippen molar-refractivity contribution < 1.29 is 18.3 Å². The Bertz CT molecular complexity index is 437. The minimum atomic E-state index is -3.62. The van der Waals surface area contributed by atoms with Gasteiger partial charge >= 0.3 is 5.97 Å². The van der Waals surface area contributed by atoms with Crippen molar-refractivity contribution in [2.24, 2.45) is 11.7 Å². The summed E-state index contributed by atoms with van der Waals surface area (Å²) >= 11 is 0. The van der Waals surface area contributed by atoms with E-state index in [1.54, 1.807) is 0 Å². The average molecular weight is 293 g/mol. The third-order valence-electron chi connectivity index (χ3n) is 3.68. The molecule has 0 aromatic heterocycles. The summed E-state index contributed by atoms with van der Waals surface area (Å²) in [5.41, 5.74) is 4.46. The van der Waals surface area contributed by atoms with Gasteiger partial charge in [0.25, 0.3) is 10.2 Å². The van der Waals surface area contributed by atoms with Gasteiger partial charge in [0.15, 0.2) is 0 Å². The molecule has 1 heterocycles. The maximum absolute atomic E-state index is 12.1. The zero-order valence-electron chi connectivity index (χ0n) is 11.7. The molecule has 3 N–H and O–H groups in total. The highest BCUT2D eigenvalue weighted by Crippen LogP contribution is 2.32. The van der Waals surface area contributed by atoms with E-state index in [1.807, 2.05) is 6.92 Å². The normalized spacial score (nSPS) is 29.0. The van der Waals surface area contributed by atoms with Gasteiger partial charge in [0.2, 0.25) is 0 Å². The second-order valence-electron chi connectivity index (χ2n) is 5.27. The molecular formula is C11H23N3O4S. The summed E-state index contributed by atoms with van der Waals surface area (Å²) in [6.07, 6.45) is 2.39. The van der Waals surface area contributed by atoms with E-state index in [0.29, 0.717) is 6.42 Å². The molecule has 8 heteroatoms. The van der Waals surface area contributed by atoms with Gasteiger partial charge in [-0.1, -0.05) is 19.8 Å². The van der Waals surface area contributed by atoms with Gasteiger partial charge in [-0.15, -0.1) is 0 Å². The van der Waals surface area contributed by atoms with Gasteiger partial charge in [-0.3, -0.25) is 4.79 Å². The van der Waals surface area contributed by atoms with Crippen LogP contribution in [0.1, 0.15) is 26.2 Å². The molecule has 0 spiro atoms. The SMILES string of the molecule is CCCCC1CN(S(=O)(=O)N(C)C)CC1(N)C(=O)O. The van der Waals surface area contributed by atoms with Crippen molar-refractivity contribution in [1.82, 2.24) is 8.61 Å². The Morgan fingerprint density at radius 3 is 2.53 bits per heavy atom. The highest BCUT2D eigenvalue weighted by atomic mass is 32.2. The standard InChI is InChI=1S/C11H23N3O4S/c1-4-5-6-9-7-14(19(17,18)13(2)3)8-11(9,12)10(15)16/h9H,4-8,12H2,1-3H3,(H,15,16). The van der Waals surface area contributed by atoms with Crippen molar-refractivity contribution in [2.45, 2.75) is 31.7 Å². The molecule has 1 fully saturated rings. The Labute approximate surface area is 114 Å². The predicted molar refractivity (Wildman–Crippen MR) is 71.7 cm³/mol. The summed E-state index contributed by atoms with van der Waals surface area (Å²) < 4.78 is 26.4. The van der Waals surface area contributed by atoms with Crippen LogP contribution in [0.5, 0.6) is 0 Å². The number of carboxylic acid groups (broad SMARTS) is 1. The molecule has 0 saturated carbocycles. The minimum absolute atomic E-state index is 0.169. The number of nitrogens with zero attached hydrogens (tertiary/aromatic N) is 2. The van der Waals surface area contributed by atoms with Crippen LogP contribution in [-0.4, -0.2) is 60.8 Å². The van der Waals surface area contributed by atoms with E-state index < -0.39 is 21.7 Å². The smallest absolute Gasteiger partial charge is 0.325 e. The maximum Gasteiger partial charge on any atom is 0.325 e. The van der Waals surface area contributed by atoms with Gasteiger partial charge in [0.05, 0.1) is 0 Å². The zero-order chi connectivity index (χ0) is 14.8. The molecule has 1 aliphatic heterocycles. The molecule has 0 amide bonds. The zero-order valence-corrected chi connectivity index (χ0v) is 12.5. The fraction of sp³-hybridized carbons (Fsp3) is 0.909. The Balaban J connectivity index is 2.98. The fourth-order valence-corrected chi connectivity index (χ4v) is 3.55. The van der Waals surface area contributed by atoms with Crippen molar-refractivity contribution >= 4 is 16.2 Å². The number of hydrogen-bond donors (Lipinski definition) is 2. The number of nitrogens with two attached hydrogens (primary N) is 1. The number of aliphatic carboxylic acids is 1. The van der Waals surface area contributed by atoms with Crippen molar-refractivity contribution in [2.75, 3.05) is 27.2 Å². The predicted octanol–water partition coefficient (Wildman–Crippen LogP) is -0.303. The van der Waals surface area contributed by atoms with Crippen LogP contribution in [0.25, 0.3) is 0 Å². The Morgan fingerprint density at radius 2 is 2.11 bits per heavy atom. The molecule has 0 aliphatic carbocycles. The van der Waals surface area contributed by atoms with Crippen LogP contribution in [-0.2, 0) is 15.0 Å². The number of unbranched alkanes of at least 4 members (excludes halogenated alkanes) is 1. The van der Waals surface area contributed by atoms with E-state index in [2.05, 4.69) is 0 Å². The lowest BCUT2D eigenvalue weighted by Gasteiger charge is -2.25. The second-order valence-corrected chi connectivity index (χ2v) is 7.41. The summed E-state index contributed by atoms with van der Waals surface area (Å²) in [7, 11) is -0.767. The quantitative estimate of drug-likeness (QED) is 0.699. The highest BCUT2D eigenvalue weighted by molar-refractivity contribution is 7.86. The molecule has 1 rings (SSSR count). The fourth-order valence-electron chi connectivity index (χ4n) is 2.34. The van der Waals surface area contributed by atoms with Crippen LogP contribution >= 0.6 is 0 Å². The first-order valence-corrected chi connectivity index (χ1v) is 7.75. The number of hydrogen-bond acceptors (Lipinski definition) is 4. The summed E-state index contributed by atoms with van der Waals surface area (Å²) in [6, 6.07) is 0. The van der Waals surface area contributed by atoms with Crippen LogP contribution in [0, 0.1) is 5.92 Å². The summed E-state index contributed by atoms with van der Waals surface area (Å²) in [5.74, 6) is -1.48. The molecule has 1 saturated heterocycles. The molecule has 112 valence electrons. The maximum atomic E-state index is 12.1. The first kappa shape index (κ1) is 16.4. The highest BCUT2D eigenvalue weighted by Gasteiger charge is 2.52.